The number of carbonyl (C=O) groups excluding carboxylic acids is 1. The number of benzene rings is 1. The molecule has 0 fully saturated rings. The molecule has 0 aliphatic carbocycles. The number of aromatic nitrogens is 2. The highest BCUT2D eigenvalue weighted by Gasteiger charge is 2.27. The number of nitrogens with one attached hydrogen (secondary N) is 1. The van der Waals surface area contributed by atoms with Crippen molar-refractivity contribution in [1.82, 2.24) is 9.78 Å². The zero-order valence-corrected chi connectivity index (χ0v) is 14.7. The van der Waals surface area contributed by atoms with Crippen LogP contribution in [0.1, 0.15) is 40.2 Å². The summed E-state index contributed by atoms with van der Waals surface area (Å²) >= 11 is 0. The summed E-state index contributed by atoms with van der Waals surface area (Å²) in [6.45, 7) is 7.27. The van der Waals surface area contributed by atoms with Gasteiger partial charge in [-0.1, -0.05) is 6.92 Å². The molecule has 0 bridgehead atoms. The summed E-state index contributed by atoms with van der Waals surface area (Å²) in [7, 11) is -3.41. The molecule has 1 atom stereocenters. The van der Waals surface area contributed by atoms with Crippen LogP contribution in [0.25, 0.3) is 10.9 Å². The lowest BCUT2D eigenvalue weighted by atomic mass is 10.2. The molecule has 2 rings (SSSR count). The maximum absolute atomic E-state index is 12.2. The van der Waals surface area contributed by atoms with Crippen LogP contribution >= 0.6 is 0 Å². The molecule has 23 heavy (non-hydrogen) atoms. The molecular weight excluding hydrogens is 314 g/mol. The van der Waals surface area contributed by atoms with E-state index >= 15 is 0 Å². The fourth-order valence-corrected chi connectivity index (χ4v) is 3.55. The second kappa shape index (κ2) is 6.70. The molecule has 1 N–H and O–H groups in total. The molecule has 0 saturated carbocycles. The van der Waals surface area contributed by atoms with Crippen molar-refractivity contribution in [3.63, 3.8) is 0 Å². The van der Waals surface area contributed by atoms with Gasteiger partial charge < -0.3 is 5.32 Å². The van der Waals surface area contributed by atoms with E-state index < -0.39 is 21.0 Å². The van der Waals surface area contributed by atoms with E-state index in [0.29, 0.717) is 12.1 Å². The molecule has 1 unspecified atom stereocenters. The van der Waals surface area contributed by atoms with Gasteiger partial charge in [0.1, 0.15) is 5.25 Å². The van der Waals surface area contributed by atoms with E-state index in [2.05, 4.69) is 10.4 Å². The minimum atomic E-state index is -3.41. The average molecular weight is 337 g/mol. The predicted molar refractivity (Wildman–Crippen MR) is 92.3 cm³/mol. The van der Waals surface area contributed by atoms with Crippen LogP contribution in [-0.2, 0) is 14.6 Å². The normalized spacial score (nSPS) is 13.4. The Morgan fingerprint density at radius 1 is 1.30 bits per heavy atom. The summed E-state index contributed by atoms with van der Waals surface area (Å²) in [5.74, 6) is -0.500. The summed E-state index contributed by atoms with van der Waals surface area (Å²) in [6, 6.07) is 5.62. The topological polar surface area (TPSA) is 81.1 Å². The van der Waals surface area contributed by atoms with Crippen molar-refractivity contribution < 1.29 is 13.2 Å². The summed E-state index contributed by atoms with van der Waals surface area (Å²) in [6.07, 6.45) is 2.44. The molecule has 0 aliphatic rings. The number of rotatable bonds is 6. The molecule has 0 aliphatic heterocycles. The fraction of sp³-hybridized carbons (Fsp3) is 0.500. The molecule has 7 heteroatoms. The Bertz CT molecular complexity index is 809. The highest BCUT2D eigenvalue weighted by atomic mass is 32.2. The first-order valence-electron chi connectivity index (χ1n) is 7.76. The summed E-state index contributed by atoms with van der Waals surface area (Å²) < 4.78 is 25.8. The predicted octanol–water partition coefficient (Wildman–Crippen LogP) is 2.77. The fourth-order valence-electron chi connectivity index (χ4n) is 2.25. The molecule has 1 aromatic heterocycles. The number of nitrogens with zero attached hydrogens (tertiary/aromatic N) is 2. The van der Waals surface area contributed by atoms with Crippen molar-refractivity contribution in [2.24, 2.45) is 0 Å². The molecule has 0 spiro atoms. The zero-order valence-electron chi connectivity index (χ0n) is 13.9. The molecule has 1 amide bonds. The van der Waals surface area contributed by atoms with Crippen LogP contribution < -0.4 is 5.32 Å². The Hall–Kier alpha value is -1.89. The van der Waals surface area contributed by atoms with Gasteiger partial charge in [-0.3, -0.25) is 9.48 Å². The SMILES string of the molecule is CCCS(=O)(=O)C(C)C(=O)Nc1ccc2cn(C(C)C)nc2c1. The van der Waals surface area contributed by atoms with Crippen LogP contribution in [0.15, 0.2) is 24.4 Å². The number of hydrogen-bond acceptors (Lipinski definition) is 4. The molecule has 126 valence electrons. The van der Waals surface area contributed by atoms with Gasteiger partial charge in [-0.25, -0.2) is 8.42 Å². The van der Waals surface area contributed by atoms with Crippen molar-refractivity contribution in [2.75, 3.05) is 11.1 Å². The largest absolute Gasteiger partial charge is 0.325 e. The standard InChI is InChI=1S/C16H23N3O3S/c1-5-8-23(21,22)12(4)16(20)17-14-7-6-13-10-19(11(2)3)18-15(13)9-14/h6-7,9-12H,5,8H2,1-4H3,(H,17,20). The monoisotopic (exact) mass is 337 g/mol. The average Bonchev–Trinajstić information content (AvgIpc) is 2.89. The van der Waals surface area contributed by atoms with Crippen LogP contribution in [0.5, 0.6) is 0 Å². The lowest BCUT2D eigenvalue weighted by molar-refractivity contribution is -0.115. The van der Waals surface area contributed by atoms with Crippen LogP contribution in [0.4, 0.5) is 5.69 Å². The van der Waals surface area contributed by atoms with Gasteiger partial charge in [0.05, 0.1) is 11.3 Å². The Balaban J connectivity index is 2.19. The number of hydrogen-bond donors (Lipinski definition) is 1. The first kappa shape index (κ1) is 17.5. The first-order valence-corrected chi connectivity index (χ1v) is 9.47. The Morgan fingerprint density at radius 2 is 2.00 bits per heavy atom. The zero-order chi connectivity index (χ0) is 17.2. The van der Waals surface area contributed by atoms with E-state index in [-0.39, 0.29) is 11.8 Å². The van der Waals surface area contributed by atoms with Crippen LogP contribution in [0.3, 0.4) is 0 Å². The van der Waals surface area contributed by atoms with Gasteiger partial charge in [0.25, 0.3) is 0 Å². The molecule has 0 saturated heterocycles. The van der Waals surface area contributed by atoms with Crippen molar-refractivity contribution >= 4 is 32.3 Å². The van der Waals surface area contributed by atoms with Gasteiger partial charge in [0.2, 0.25) is 5.91 Å². The summed E-state index contributed by atoms with van der Waals surface area (Å²) in [5, 5.41) is 7.03. The Labute approximate surface area is 136 Å². The van der Waals surface area contributed by atoms with E-state index in [0.717, 1.165) is 10.9 Å². The molecule has 1 heterocycles. The Morgan fingerprint density at radius 3 is 2.61 bits per heavy atom. The third-order valence-electron chi connectivity index (χ3n) is 3.72. The summed E-state index contributed by atoms with van der Waals surface area (Å²) in [4.78, 5) is 12.2. The highest BCUT2D eigenvalue weighted by Crippen LogP contribution is 2.20. The lowest BCUT2D eigenvalue weighted by Gasteiger charge is -2.12. The van der Waals surface area contributed by atoms with Crippen LogP contribution in [-0.4, -0.2) is 35.1 Å². The van der Waals surface area contributed by atoms with Crippen molar-refractivity contribution in [3.8, 4) is 0 Å². The molecule has 6 nitrogen and oxygen atoms in total. The van der Waals surface area contributed by atoms with Gasteiger partial charge in [-0.05, 0) is 45.4 Å². The maximum atomic E-state index is 12.2. The minimum absolute atomic E-state index is 0.0133. The molecule has 2 aromatic rings. The first-order chi connectivity index (χ1) is 10.7. The number of sulfone groups is 1. The van der Waals surface area contributed by atoms with Crippen LogP contribution in [0, 0.1) is 0 Å². The molecule has 0 radical (unpaired) electrons. The van der Waals surface area contributed by atoms with Crippen molar-refractivity contribution in [2.45, 2.75) is 45.4 Å². The van der Waals surface area contributed by atoms with E-state index in [1.165, 1.54) is 6.92 Å². The lowest BCUT2D eigenvalue weighted by Crippen LogP contribution is -2.34. The number of carbonyl (C=O) groups is 1. The van der Waals surface area contributed by atoms with Crippen molar-refractivity contribution in [3.05, 3.63) is 24.4 Å². The quantitative estimate of drug-likeness (QED) is 0.879. The molecular formula is C16H23N3O3S. The summed E-state index contributed by atoms with van der Waals surface area (Å²) in [5.41, 5.74) is 1.32. The van der Waals surface area contributed by atoms with E-state index in [1.807, 2.05) is 30.8 Å². The second-order valence-electron chi connectivity index (χ2n) is 5.97. The highest BCUT2D eigenvalue weighted by molar-refractivity contribution is 7.92. The maximum Gasteiger partial charge on any atom is 0.242 e. The Kier molecular flexibility index (Phi) is 5.09. The second-order valence-corrected chi connectivity index (χ2v) is 8.42. The minimum Gasteiger partial charge on any atom is -0.325 e. The number of amides is 1. The van der Waals surface area contributed by atoms with E-state index in [9.17, 15) is 13.2 Å². The van der Waals surface area contributed by atoms with Gasteiger partial charge in [0, 0.05) is 23.3 Å². The van der Waals surface area contributed by atoms with Gasteiger partial charge in [0.15, 0.2) is 9.84 Å². The van der Waals surface area contributed by atoms with Gasteiger partial charge >= 0.3 is 0 Å². The third kappa shape index (κ3) is 3.90. The van der Waals surface area contributed by atoms with E-state index in [4.69, 9.17) is 0 Å². The van der Waals surface area contributed by atoms with Crippen molar-refractivity contribution in [1.29, 1.82) is 0 Å². The molecule has 1 aromatic carbocycles. The van der Waals surface area contributed by atoms with Gasteiger partial charge in [-0.2, -0.15) is 5.10 Å². The third-order valence-corrected chi connectivity index (χ3v) is 5.99. The smallest absolute Gasteiger partial charge is 0.242 e. The van der Waals surface area contributed by atoms with Crippen LogP contribution in [0.2, 0.25) is 0 Å². The van der Waals surface area contributed by atoms with Gasteiger partial charge in [-0.15, -0.1) is 0 Å². The number of fused-ring (bicyclic) bond motifs is 1. The van der Waals surface area contributed by atoms with E-state index in [1.54, 1.807) is 19.1 Å². The number of anilines is 1.